The Morgan fingerprint density at radius 2 is 2.05 bits per heavy atom. The van der Waals surface area contributed by atoms with E-state index in [4.69, 9.17) is 0 Å². The predicted octanol–water partition coefficient (Wildman–Crippen LogP) is 0.832. The van der Waals surface area contributed by atoms with E-state index in [0.29, 0.717) is 12.3 Å². The second kappa shape index (κ2) is 8.14. The molecule has 21 heavy (non-hydrogen) atoms. The van der Waals surface area contributed by atoms with Gasteiger partial charge in [0.15, 0.2) is 0 Å². The monoisotopic (exact) mass is 336 g/mol. The van der Waals surface area contributed by atoms with Gasteiger partial charge >= 0.3 is 0 Å². The summed E-state index contributed by atoms with van der Waals surface area (Å²) in [4.78, 5) is 24.9. The quantitative estimate of drug-likeness (QED) is 0.631. The Morgan fingerprint density at radius 1 is 1.38 bits per heavy atom. The molecule has 0 aromatic carbocycles. The maximum Gasteiger partial charge on any atom is 0.242 e. The average Bonchev–Trinajstić information content (AvgIpc) is 2.64. The molecular weight excluding hydrogens is 312 g/mol. The summed E-state index contributed by atoms with van der Waals surface area (Å²) < 4.78 is 25.9. The Hall–Kier alpha value is -0.600. The summed E-state index contributed by atoms with van der Waals surface area (Å²) in [6.07, 6.45) is 0.809. The van der Waals surface area contributed by atoms with Crippen molar-refractivity contribution in [3.8, 4) is 0 Å². The van der Waals surface area contributed by atoms with E-state index in [1.54, 1.807) is 0 Å². The van der Waals surface area contributed by atoms with Gasteiger partial charge in [-0.15, -0.1) is 11.8 Å². The molecule has 0 aliphatic carbocycles. The highest BCUT2D eigenvalue weighted by molar-refractivity contribution is 8.00. The second-order valence-electron chi connectivity index (χ2n) is 5.43. The molecule has 2 amide bonds. The molecule has 1 heterocycles. The van der Waals surface area contributed by atoms with E-state index in [1.165, 1.54) is 11.8 Å². The minimum atomic E-state index is -3.33. The molecule has 1 unspecified atom stereocenters. The van der Waals surface area contributed by atoms with Gasteiger partial charge in [0.1, 0.15) is 0 Å². The molecule has 6 nitrogen and oxygen atoms in total. The molecule has 1 N–H and O–H groups in total. The molecule has 1 aliphatic heterocycles. The number of nitrogens with zero attached hydrogens (tertiary/aromatic N) is 1. The van der Waals surface area contributed by atoms with Gasteiger partial charge in [0, 0.05) is 19.5 Å². The number of carbonyl (C=O) groups excluding carboxylic acids is 2. The molecule has 0 saturated carbocycles. The lowest BCUT2D eigenvalue weighted by Crippen LogP contribution is -2.39. The lowest BCUT2D eigenvalue weighted by molar-refractivity contribution is -0.138. The van der Waals surface area contributed by atoms with Crippen molar-refractivity contribution in [1.29, 1.82) is 0 Å². The zero-order valence-electron chi connectivity index (χ0n) is 12.8. The summed E-state index contributed by atoms with van der Waals surface area (Å²) in [5.74, 6) is 0.746. The molecule has 1 saturated heterocycles. The minimum absolute atomic E-state index is 0.0703. The number of hydrogen-bond donors (Lipinski definition) is 1. The smallest absolute Gasteiger partial charge is 0.242 e. The highest BCUT2D eigenvalue weighted by Crippen LogP contribution is 2.24. The van der Waals surface area contributed by atoms with Gasteiger partial charge in [0.05, 0.1) is 11.0 Å². The van der Waals surface area contributed by atoms with Gasteiger partial charge in [-0.25, -0.2) is 13.1 Å². The van der Waals surface area contributed by atoms with E-state index in [0.717, 1.165) is 10.7 Å². The molecule has 1 fully saturated rings. The normalized spacial score (nSPS) is 19.8. The molecule has 122 valence electrons. The van der Waals surface area contributed by atoms with Crippen LogP contribution in [0, 0.1) is 5.92 Å². The van der Waals surface area contributed by atoms with E-state index < -0.39 is 10.0 Å². The van der Waals surface area contributed by atoms with E-state index in [2.05, 4.69) is 4.72 Å². The van der Waals surface area contributed by atoms with Crippen LogP contribution in [0.1, 0.15) is 33.6 Å². The van der Waals surface area contributed by atoms with Crippen LogP contribution in [0.25, 0.3) is 0 Å². The Labute approximate surface area is 131 Å². The number of nitrogens with one attached hydrogen (secondary N) is 1. The van der Waals surface area contributed by atoms with Crippen LogP contribution in [0.3, 0.4) is 0 Å². The fourth-order valence-electron chi connectivity index (χ4n) is 2.00. The second-order valence-corrected chi connectivity index (χ2v) is 8.83. The minimum Gasteiger partial charge on any atom is -0.280 e. The molecule has 1 atom stereocenters. The third-order valence-electron chi connectivity index (χ3n) is 3.19. The largest absolute Gasteiger partial charge is 0.280 e. The van der Waals surface area contributed by atoms with Crippen LogP contribution >= 0.6 is 11.8 Å². The first kappa shape index (κ1) is 18.4. The van der Waals surface area contributed by atoms with Crippen LogP contribution in [0.4, 0.5) is 0 Å². The molecule has 0 radical (unpaired) electrons. The van der Waals surface area contributed by atoms with Crippen molar-refractivity contribution in [2.24, 2.45) is 5.92 Å². The van der Waals surface area contributed by atoms with Crippen LogP contribution in [0.15, 0.2) is 0 Å². The topological polar surface area (TPSA) is 83.6 Å². The van der Waals surface area contributed by atoms with Crippen LogP contribution in [0.2, 0.25) is 0 Å². The van der Waals surface area contributed by atoms with Gasteiger partial charge in [-0.05, 0) is 18.1 Å². The molecule has 1 rings (SSSR count). The van der Waals surface area contributed by atoms with Gasteiger partial charge in [-0.1, -0.05) is 20.8 Å². The maximum atomic E-state index is 12.0. The lowest BCUT2D eigenvalue weighted by atomic mass is 10.2. The van der Waals surface area contributed by atoms with Crippen molar-refractivity contribution in [3.05, 3.63) is 0 Å². The van der Waals surface area contributed by atoms with Gasteiger partial charge in [-0.3, -0.25) is 14.5 Å². The molecule has 0 bridgehead atoms. The Bertz CT molecular complexity index is 477. The zero-order chi connectivity index (χ0) is 16.0. The fraction of sp³-hybridized carbons (Fsp3) is 0.846. The van der Waals surface area contributed by atoms with E-state index in [-0.39, 0.29) is 42.3 Å². The summed E-state index contributed by atoms with van der Waals surface area (Å²) in [5, 5.41) is -0.306. The predicted molar refractivity (Wildman–Crippen MR) is 84.5 cm³/mol. The Kier molecular flexibility index (Phi) is 7.15. The summed E-state index contributed by atoms with van der Waals surface area (Å²) in [7, 11) is -3.33. The molecule has 0 spiro atoms. The summed E-state index contributed by atoms with van der Waals surface area (Å²) in [6, 6.07) is 0. The number of rotatable bonds is 9. The third kappa shape index (κ3) is 5.96. The van der Waals surface area contributed by atoms with Crippen molar-refractivity contribution in [1.82, 2.24) is 9.62 Å². The molecule has 0 aromatic heterocycles. The van der Waals surface area contributed by atoms with E-state index >= 15 is 0 Å². The van der Waals surface area contributed by atoms with Crippen molar-refractivity contribution < 1.29 is 18.0 Å². The SMILES string of the molecule is CCSC1CC(=O)N(CCNS(=O)(=O)CCC(C)C)C1=O. The maximum absolute atomic E-state index is 12.0. The third-order valence-corrected chi connectivity index (χ3v) is 5.71. The van der Waals surface area contributed by atoms with Gasteiger partial charge < -0.3 is 0 Å². The number of hydrogen-bond acceptors (Lipinski definition) is 5. The molecule has 1 aliphatic rings. The summed E-state index contributed by atoms with van der Waals surface area (Å²) in [5.41, 5.74) is 0. The highest BCUT2D eigenvalue weighted by Gasteiger charge is 2.38. The first-order valence-electron chi connectivity index (χ1n) is 7.20. The zero-order valence-corrected chi connectivity index (χ0v) is 14.4. The number of imide groups is 1. The van der Waals surface area contributed by atoms with E-state index in [1.807, 2.05) is 20.8 Å². The van der Waals surface area contributed by atoms with Gasteiger partial charge in [0.2, 0.25) is 21.8 Å². The van der Waals surface area contributed by atoms with Crippen molar-refractivity contribution >= 4 is 33.6 Å². The van der Waals surface area contributed by atoms with Gasteiger partial charge in [-0.2, -0.15) is 0 Å². The first-order valence-corrected chi connectivity index (χ1v) is 9.90. The Balaban J connectivity index is 2.42. The summed E-state index contributed by atoms with van der Waals surface area (Å²) in [6.45, 7) is 6.06. The Morgan fingerprint density at radius 3 is 2.62 bits per heavy atom. The number of sulfonamides is 1. The number of amides is 2. The van der Waals surface area contributed by atoms with Gasteiger partial charge in [0.25, 0.3) is 0 Å². The number of likely N-dealkylation sites (tertiary alicyclic amines) is 1. The lowest BCUT2D eigenvalue weighted by Gasteiger charge is -2.15. The van der Waals surface area contributed by atoms with Crippen molar-refractivity contribution in [2.75, 3.05) is 24.6 Å². The van der Waals surface area contributed by atoms with Crippen LogP contribution < -0.4 is 4.72 Å². The fourth-order valence-corrected chi connectivity index (χ4v) is 4.26. The number of thioether (sulfide) groups is 1. The van der Waals surface area contributed by atoms with Crippen LogP contribution in [-0.2, 0) is 19.6 Å². The van der Waals surface area contributed by atoms with Crippen LogP contribution in [0.5, 0.6) is 0 Å². The highest BCUT2D eigenvalue weighted by atomic mass is 32.2. The van der Waals surface area contributed by atoms with E-state index in [9.17, 15) is 18.0 Å². The first-order chi connectivity index (χ1) is 9.76. The number of carbonyl (C=O) groups is 2. The van der Waals surface area contributed by atoms with Crippen molar-refractivity contribution in [2.45, 2.75) is 38.9 Å². The summed E-state index contributed by atoms with van der Waals surface area (Å²) >= 11 is 1.45. The molecule has 8 heteroatoms. The van der Waals surface area contributed by atoms with Crippen LogP contribution in [-0.4, -0.2) is 55.0 Å². The molecule has 0 aromatic rings. The average molecular weight is 336 g/mol. The molecular formula is C13H24N2O4S2. The standard InChI is InChI=1S/C13H24N2O4S2/c1-4-20-11-9-12(16)15(13(11)17)7-6-14-21(18,19)8-5-10(2)3/h10-11,14H,4-9H2,1-3H3. The van der Waals surface area contributed by atoms with Crippen molar-refractivity contribution in [3.63, 3.8) is 0 Å².